The van der Waals surface area contributed by atoms with Crippen molar-refractivity contribution < 1.29 is 13.5 Å². The predicted molar refractivity (Wildman–Crippen MR) is 149 cm³/mol. The highest BCUT2D eigenvalue weighted by Gasteiger charge is 2.14. The summed E-state index contributed by atoms with van der Waals surface area (Å²) in [6.45, 7) is 5.55. The molecular weight excluding hydrogens is 516 g/mol. The van der Waals surface area contributed by atoms with Gasteiger partial charge in [-0.2, -0.15) is 0 Å². The Morgan fingerprint density at radius 1 is 1.08 bits per heavy atom. The van der Waals surface area contributed by atoms with Gasteiger partial charge in [0.2, 0.25) is 5.95 Å². The Morgan fingerprint density at radius 2 is 1.92 bits per heavy atom. The van der Waals surface area contributed by atoms with Crippen LogP contribution in [0.2, 0.25) is 0 Å². The molecule has 2 aromatic carbocycles. The van der Waals surface area contributed by atoms with E-state index < -0.39 is 11.3 Å². The van der Waals surface area contributed by atoms with E-state index in [9.17, 15) is 8.76 Å². The second-order valence-electron chi connectivity index (χ2n) is 9.52. The molecule has 12 heteroatoms. The Bertz CT molecular complexity index is 1630. The zero-order chi connectivity index (χ0) is 26.8. The summed E-state index contributed by atoms with van der Waals surface area (Å²) < 4.78 is 33.5. The maximum atomic E-state index is 11.4. The summed E-state index contributed by atoms with van der Waals surface area (Å²) in [7, 11) is 1.55. The smallest absolute Gasteiger partial charge is 0.245 e. The van der Waals surface area contributed by atoms with Crippen LogP contribution in [0.5, 0.6) is 0 Å². The summed E-state index contributed by atoms with van der Waals surface area (Å²) in [4.78, 5) is 11.5. The van der Waals surface area contributed by atoms with Gasteiger partial charge in [-0.05, 0) is 42.9 Å². The average Bonchev–Trinajstić information content (AvgIpc) is 3.56. The maximum Gasteiger partial charge on any atom is 0.245 e. The van der Waals surface area contributed by atoms with Gasteiger partial charge in [0, 0.05) is 55.2 Å². The first-order valence-corrected chi connectivity index (χ1v) is 13.8. The molecule has 39 heavy (non-hydrogen) atoms. The molecule has 0 spiro atoms. The summed E-state index contributed by atoms with van der Waals surface area (Å²) >= 11 is -2.30. The normalized spacial score (nSPS) is 15.4. The number of fused-ring (bicyclic) bond motifs is 2. The summed E-state index contributed by atoms with van der Waals surface area (Å²) in [5.74, 6) is 0.453. The molecule has 1 fully saturated rings. The predicted octanol–water partition coefficient (Wildman–Crippen LogP) is 3.05. The number of hydrogen-bond acceptors (Lipinski definition) is 8. The first kappa shape index (κ1) is 25.6. The van der Waals surface area contributed by atoms with Crippen LogP contribution in [0.3, 0.4) is 0 Å². The first-order valence-electron chi connectivity index (χ1n) is 12.8. The van der Waals surface area contributed by atoms with E-state index >= 15 is 0 Å². The van der Waals surface area contributed by atoms with Crippen LogP contribution in [-0.4, -0.2) is 82.0 Å². The number of anilines is 2. The number of hydrogen-bond donors (Lipinski definition) is 1. The minimum Gasteiger partial charge on any atom is -0.760 e. The molecular formula is C27H29N8O3S-. The van der Waals surface area contributed by atoms with Crippen LogP contribution in [0.25, 0.3) is 27.8 Å². The Labute approximate surface area is 228 Å². The topological polar surface area (TPSA) is 116 Å². The highest BCUT2D eigenvalue weighted by Crippen LogP contribution is 2.27. The van der Waals surface area contributed by atoms with Gasteiger partial charge in [-0.25, -0.2) is 18.8 Å². The maximum absolute atomic E-state index is 11.4. The summed E-state index contributed by atoms with van der Waals surface area (Å²) in [6.07, 6.45) is 3.66. The molecule has 1 saturated heterocycles. The Kier molecular flexibility index (Phi) is 7.35. The van der Waals surface area contributed by atoms with Gasteiger partial charge in [-0.3, -0.25) is 9.11 Å². The lowest BCUT2D eigenvalue weighted by Crippen LogP contribution is -2.38. The van der Waals surface area contributed by atoms with Crippen LogP contribution in [-0.2, 0) is 29.1 Å². The third-order valence-electron chi connectivity index (χ3n) is 6.98. The molecule has 202 valence electrons. The van der Waals surface area contributed by atoms with Crippen LogP contribution in [0, 0.1) is 0 Å². The van der Waals surface area contributed by atoms with E-state index in [2.05, 4.69) is 30.8 Å². The summed E-state index contributed by atoms with van der Waals surface area (Å²) in [5.41, 5.74) is 6.33. The van der Waals surface area contributed by atoms with Crippen LogP contribution >= 0.6 is 0 Å². The third-order valence-corrected chi connectivity index (χ3v) is 7.62. The molecule has 0 bridgehead atoms. The van der Waals surface area contributed by atoms with Gasteiger partial charge >= 0.3 is 0 Å². The number of ether oxygens (including phenoxy) is 1. The van der Waals surface area contributed by atoms with Crippen molar-refractivity contribution >= 4 is 39.5 Å². The van der Waals surface area contributed by atoms with E-state index in [4.69, 9.17) is 9.84 Å². The van der Waals surface area contributed by atoms with Crippen molar-refractivity contribution in [3.8, 4) is 11.3 Å². The molecule has 1 N–H and O–H groups in total. The first-order chi connectivity index (χ1) is 19.0. The van der Waals surface area contributed by atoms with Gasteiger partial charge in [-0.1, -0.05) is 24.3 Å². The fraction of sp³-hybridized carbons (Fsp3) is 0.296. The molecule has 1 unspecified atom stereocenters. The molecule has 1 aliphatic rings. The van der Waals surface area contributed by atoms with Gasteiger partial charge in [0.05, 0.1) is 48.0 Å². The summed E-state index contributed by atoms with van der Waals surface area (Å²) in [6, 6.07) is 17.7. The lowest BCUT2D eigenvalue weighted by Gasteiger charge is -2.26. The monoisotopic (exact) mass is 545 g/mol. The molecule has 1 aliphatic heterocycles. The lowest BCUT2D eigenvalue weighted by molar-refractivity contribution is 0.0365. The molecule has 0 saturated carbocycles. The van der Waals surface area contributed by atoms with Gasteiger partial charge < -0.3 is 19.2 Å². The van der Waals surface area contributed by atoms with Gasteiger partial charge in [0.1, 0.15) is 0 Å². The van der Waals surface area contributed by atoms with Crippen molar-refractivity contribution in [3.05, 3.63) is 72.7 Å². The van der Waals surface area contributed by atoms with Crippen molar-refractivity contribution in [2.24, 2.45) is 0 Å². The lowest BCUT2D eigenvalue weighted by atomic mass is 10.0. The fourth-order valence-electron chi connectivity index (χ4n) is 4.88. The molecule has 0 aliphatic carbocycles. The van der Waals surface area contributed by atoms with E-state index in [0.29, 0.717) is 5.95 Å². The number of benzene rings is 2. The van der Waals surface area contributed by atoms with Crippen molar-refractivity contribution in [1.29, 1.82) is 0 Å². The van der Waals surface area contributed by atoms with Crippen molar-refractivity contribution in [3.63, 3.8) is 0 Å². The number of imidazole rings is 1. The largest absolute Gasteiger partial charge is 0.760 e. The van der Waals surface area contributed by atoms with E-state index in [-0.39, 0.29) is 6.54 Å². The molecule has 5 aromatic rings. The molecule has 3 aromatic heterocycles. The number of nitrogens with zero attached hydrogens (tertiary/aromatic N) is 7. The van der Waals surface area contributed by atoms with E-state index in [1.807, 2.05) is 59.4 Å². The van der Waals surface area contributed by atoms with Crippen molar-refractivity contribution in [2.75, 3.05) is 45.2 Å². The molecule has 11 nitrogen and oxygen atoms in total. The Morgan fingerprint density at radius 3 is 2.77 bits per heavy atom. The van der Waals surface area contributed by atoms with E-state index in [1.165, 1.54) is 4.31 Å². The molecule has 6 rings (SSSR count). The van der Waals surface area contributed by atoms with Crippen LogP contribution < -0.4 is 5.32 Å². The van der Waals surface area contributed by atoms with E-state index in [0.717, 1.165) is 78.5 Å². The molecule has 4 heterocycles. The highest BCUT2D eigenvalue weighted by atomic mass is 32.2. The third kappa shape index (κ3) is 5.56. The zero-order valence-electron chi connectivity index (χ0n) is 21.6. The number of morpholine rings is 1. The van der Waals surface area contributed by atoms with Gasteiger partial charge in [-0.15, -0.1) is 5.10 Å². The zero-order valence-corrected chi connectivity index (χ0v) is 22.4. The highest BCUT2D eigenvalue weighted by molar-refractivity contribution is 7.76. The van der Waals surface area contributed by atoms with Gasteiger partial charge in [0.25, 0.3) is 0 Å². The minimum atomic E-state index is -2.30. The molecule has 1 atom stereocenters. The van der Waals surface area contributed by atoms with Crippen LogP contribution in [0.4, 0.5) is 11.6 Å². The number of aromatic nitrogens is 5. The van der Waals surface area contributed by atoms with Crippen molar-refractivity contribution in [1.82, 2.24) is 33.4 Å². The number of nitrogens with one attached hydrogen (secondary N) is 1. The van der Waals surface area contributed by atoms with Gasteiger partial charge in [0.15, 0.2) is 0 Å². The number of rotatable bonds is 9. The fourth-order valence-corrected chi connectivity index (χ4v) is 5.12. The summed E-state index contributed by atoms with van der Waals surface area (Å²) in [5, 5.41) is 8.11. The standard InChI is InChI=1S/C27H30N8O3S/c1-32(39(36)37)18-20-4-2-3-5-23(20)25-9-7-22-17-28-27(31-35(22)25)30-21-6-8-24-26(16-21)34(19-29-24)11-10-33-12-14-38-15-13-33/h2-9,16-17,19H,10-15,18H2,1H3,(H,30,31)(H,36,37)/p-1. The van der Waals surface area contributed by atoms with Crippen LogP contribution in [0.15, 0.2) is 67.1 Å². The second-order valence-corrected chi connectivity index (χ2v) is 10.6. The Balaban J connectivity index is 1.25. The Hall–Kier alpha value is -3.68. The molecule has 0 radical (unpaired) electrons. The van der Waals surface area contributed by atoms with E-state index in [1.54, 1.807) is 13.2 Å². The second kappa shape index (κ2) is 11.2. The van der Waals surface area contributed by atoms with Crippen molar-refractivity contribution in [2.45, 2.75) is 13.1 Å². The SMILES string of the molecule is CN(Cc1ccccc1-c1ccc2cnc(Nc3ccc4ncn(CCN5CCOCC5)c4c3)nn12)S(=O)[O-]. The average molecular weight is 546 g/mol. The quantitative estimate of drug-likeness (QED) is 0.281. The minimum absolute atomic E-state index is 0.259. The molecule has 0 amide bonds. The van der Waals surface area contributed by atoms with Crippen LogP contribution in [0.1, 0.15) is 5.56 Å².